The number of nitrogens with zero attached hydrogens (tertiary/aromatic N) is 1. The van der Waals surface area contributed by atoms with Crippen LogP contribution in [-0.4, -0.2) is 16.8 Å². The van der Waals surface area contributed by atoms with Gasteiger partial charge in [-0.05, 0) is 41.5 Å². The van der Waals surface area contributed by atoms with Crippen LogP contribution < -0.4 is 10.6 Å². The van der Waals surface area contributed by atoms with Gasteiger partial charge in [-0.2, -0.15) is 0 Å². The Morgan fingerprint density at radius 2 is 1.62 bits per heavy atom. The van der Waals surface area contributed by atoms with E-state index in [1.807, 2.05) is 72.8 Å². The highest BCUT2D eigenvalue weighted by Crippen LogP contribution is 2.29. The SMILES string of the molecule is CCC(=O)Nc1nc2ccc(NC(=O)c3ccc(-c4ccccc4)cc3)cc2s1. The highest BCUT2D eigenvalue weighted by Gasteiger charge is 2.10. The summed E-state index contributed by atoms with van der Waals surface area (Å²) in [7, 11) is 0. The zero-order valence-corrected chi connectivity index (χ0v) is 16.6. The molecule has 29 heavy (non-hydrogen) atoms. The predicted molar refractivity (Wildman–Crippen MR) is 118 cm³/mol. The number of anilines is 2. The van der Waals surface area contributed by atoms with E-state index in [0.29, 0.717) is 22.8 Å². The number of rotatable bonds is 5. The lowest BCUT2D eigenvalue weighted by molar-refractivity contribution is -0.115. The van der Waals surface area contributed by atoms with E-state index in [0.717, 1.165) is 21.3 Å². The van der Waals surface area contributed by atoms with Crippen LogP contribution in [0.15, 0.2) is 72.8 Å². The van der Waals surface area contributed by atoms with Crippen molar-refractivity contribution in [1.29, 1.82) is 0 Å². The third-order valence-corrected chi connectivity index (χ3v) is 5.40. The first-order valence-corrected chi connectivity index (χ1v) is 10.1. The maximum absolute atomic E-state index is 12.6. The molecule has 0 bridgehead atoms. The molecule has 4 rings (SSSR count). The molecular formula is C23H19N3O2S. The third kappa shape index (κ3) is 4.33. The van der Waals surface area contributed by atoms with Crippen molar-refractivity contribution in [3.63, 3.8) is 0 Å². The minimum Gasteiger partial charge on any atom is -0.322 e. The molecule has 3 aromatic carbocycles. The fourth-order valence-corrected chi connectivity index (χ4v) is 3.83. The molecule has 1 aromatic heterocycles. The summed E-state index contributed by atoms with van der Waals surface area (Å²) in [4.78, 5) is 28.5. The lowest BCUT2D eigenvalue weighted by Crippen LogP contribution is -2.11. The molecule has 0 saturated carbocycles. The van der Waals surface area contributed by atoms with Crippen molar-refractivity contribution in [3.8, 4) is 11.1 Å². The fraction of sp³-hybridized carbons (Fsp3) is 0.0870. The van der Waals surface area contributed by atoms with Crippen LogP contribution in [0, 0.1) is 0 Å². The van der Waals surface area contributed by atoms with Gasteiger partial charge >= 0.3 is 0 Å². The predicted octanol–water partition coefficient (Wildman–Crippen LogP) is 5.56. The number of benzene rings is 3. The first-order chi connectivity index (χ1) is 14.1. The van der Waals surface area contributed by atoms with E-state index in [-0.39, 0.29) is 11.8 Å². The zero-order chi connectivity index (χ0) is 20.2. The van der Waals surface area contributed by atoms with Crippen LogP contribution in [0.2, 0.25) is 0 Å². The van der Waals surface area contributed by atoms with Gasteiger partial charge in [-0.1, -0.05) is 60.7 Å². The minimum atomic E-state index is -0.173. The van der Waals surface area contributed by atoms with Crippen molar-refractivity contribution >= 4 is 44.2 Å². The minimum absolute atomic E-state index is 0.0727. The number of fused-ring (bicyclic) bond motifs is 1. The van der Waals surface area contributed by atoms with Crippen molar-refractivity contribution in [2.45, 2.75) is 13.3 Å². The van der Waals surface area contributed by atoms with Crippen molar-refractivity contribution in [1.82, 2.24) is 4.98 Å². The summed E-state index contributed by atoms with van der Waals surface area (Å²) >= 11 is 1.38. The lowest BCUT2D eigenvalue weighted by Gasteiger charge is -2.07. The van der Waals surface area contributed by atoms with Gasteiger partial charge in [-0.25, -0.2) is 4.98 Å². The van der Waals surface area contributed by atoms with Gasteiger partial charge in [0.15, 0.2) is 5.13 Å². The average Bonchev–Trinajstić information content (AvgIpc) is 3.15. The largest absolute Gasteiger partial charge is 0.322 e. The number of hydrogen-bond acceptors (Lipinski definition) is 4. The zero-order valence-electron chi connectivity index (χ0n) is 15.8. The van der Waals surface area contributed by atoms with Crippen LogP contribution in [0.5, 0.6) is 0 Å². The molecular weight excluding hydrogens is 382 g/mol. The molecule has 0 radical (unpaired) electrons. The molecule has 2 N–H and O–H groups in total. The highest BCUT2D eigenvalue weighted by atomic mass is 32.1. The Hall–Kier alpha value is -3.51. The van der Waals surface area contributed by atoms with Gasteiger partial charge in [0, 0.05) is 17.7 Å². The van der Waals surface area contributed by atoms with E-state index in [1.54, 1.807) is 6.92 Å². The second kappa shape index (κ2) is 8.24. The number of carbonyl (C=O) groups is 2. The monoisotopic (exact) mass is 401 g/mol. The molecule has 0 saturated heterocycles. The molecule has 0 aliphatic carbocycles. The molecule has 0 atom stereocenters. The van der Waals surface area contributed by atoms with Gasteiger partial charge in [-0.15, -0.1) is 0 Å². The fourth-order valence-electron chi connectivity index (χ4n) is 2.91. The number of carbonyl (C=O) groups excluding carboxylic acids is 2. The molecule has 5 nitrogen and oxygen atoms in total. The maximum Gasteiger partial charge on any atom is 0.255 e. The summed E-state index contributed by atoms with van der Waals surface area (Å²) in [5, 5.41) is 6.25. The smallest absolute Gasteiger partial charge is 0.255 e. The molecule has 0 aliphatic heterocycles. The third-order valence-electron chi connectivity index (χ3n) is 4.47. The Labute approximate surface area is 172 Å². The summed E-state index contributed by atoms with van der Waals surface area (Å²) in [6.07, 6.45) is 0.403. The van der Waals surface area contributed by atoms with Gasteiger partial charge in [-0.3, -0.25) is 9.59 Å². The molecule has 0 fully saturated rings. The van der Waals surface area contributed by atoms with E-state index < -0.39 is 0 Å². The number of amides is 2. The highest BCUT2D eigenvalue weighted by molar-refractivity contribution is 7.22. The quantitative estimate of drug-likeness (QED) is 0.460. The molecule has 0 unspecified atom stereocenters. The number of nitrogens with one attached hydrogen (secondary N) is 2. The summed E-state index contributed by atoms with van der Waals surface area (Å²) < 4.78 is 0.897. The van der Waals surface area contributed by atoms with Gasteiger partial charge in [0.1, 0.15) is 0 Å². The van der Waals surface area contributed by atoms with E-state index in [2.05, 4.69) is 15.6 Å². The molecule has 0 spiro atoms. The van der Waals surface area contributed by atoms with E-state index in [4.69, 9.17) is 0 Å². The van der Waals surface area contributed by atoms with Crippen molar-refractivity contribution < 1.29 is 9.59 Å². The average molecular weight is 401 g/mol. The van der Waals surface area contributed by atoms with Crippen LogP contribution in [0.4, 0.5) is 10.8 Å². The summed E-state index contributed by atoms with van der Waals surface area (Å²) in [5.74, 6) is -0.246. The van der Waals surface area contributed by atoms with E-state index >= 15 is 0 Å². The first-order valence-electron chi connectivity index (χ1n) is 9.29. The van der Waals surface area contributed by atoms with Gasteiger partial charge in [0.2, 0.25) is 5.91 Å². The second-order valence-corrected chi connectivity index (χ2v) is 7.53. The normalized spacial score (nSPS) is 10.7. The van der Waals surface area contributed by atoms with Crippen LogP contribution in [0.25, 0.3) is 21.3 Å². The Morgan fingerprint density at radius 3 is 2.34 bits per heavy atom. The van der Waals surface area contributed by atoms with E-state index in [1.165, 1.54) is 11.3 Å². The summed E-state index contributed by atoms with van der Waals surface area (Å²) in [5.41, 5.74) is 4.24. The molecule has 1 heterocycles. The number of thiazole rings is 1. The molecule has 6 heteroatoms. The van der Waals surface area contributed by atoms with Crippen LogP contribution in [-0.2, 0) is 4.79 Å². The van der Waals surface area contributed by atoms with Gasteiger partial charge in [0.05, 0.1) is 10.2 Å². The lowest BCUT2D eigenvalue weighted by atomic mass is 10.0. The van der Waals surface area contributed by atoms with Crippen LogP contribution >= 0.6 is 11.3 Å². The number of hydrogen-bond donors (Lipinski definition) is 2. The first kappa shape index (κ1) is 18.8. The standard InChI is InChI=1S/C23H19N3O2S/c1-2-21(27)26-23-25-19-13-12-18(14-20(19)29-23)24-22(28)17-10-8-16(9-11-17)15-6-4-3-5-7-15/h3-14H,2H2,1H3,(H,24,28)(H,25,26,27). The van der Waals surface area contributed by atoms with Crippen LogP contribution in [0.1, 0.15) is 23.7 Å². The number of aromatic nitrogens is 1. The Balaban J connectivity index is 1.49. The maximum atomic E-state index is 12.6. The van der Waals surface area contributed by atoms with Crippen molar-refractivity contribution in [2.24, 2.45) is 0 Å². The van der Waals surface area contributed by atoms with Crippen molar-refractivity contribution in [2.75, 3.05) is 10.6 Å². The summed E-state index contributed by atoms with van der Waals surface area (Å²) in [6, 6.07) is 23.1. The van der Waals surface area contributed by atoms with E-state index in [9.17, 15) is 9.59 Å². The summed E-state index contributed by atoms with van der Waals surface area (Å²) in [6.45, 7) is 1.79. The Morgan fingerprint density at radius 1 is 0.897 bits per heavy atom. The van der Waals surface area contributed by atoms with Gasteiger partial charge in [0.25, 0.3) is 5.91 Å². The second-order valence-electron chi connectivity index (χ2n) is 6.50. The van der Waals surface area contributed by atoms with Crippen molar-refractivity contribution in [3.05, 3.63) is 78.4 Å². The van der Waals surface area contributed by atoms with Gasteiger partial charge < -0.3 is 10.6 Å². The van der Waals surface area contributed by atoms with Crippen LogP contribution in [0.3, 0.4) is 0 Å². The molecule has 2 amide bonds. The Kier molecular flexibility index (Phi) is 5.35. The molecule has 144 valence electrons. The Bertz CT molecular complexity index is 1170. The molecule has 0 aliphatic rings. The molecule has 4 aromatic rings. The topological polar surface area (TPSA) is 71.1 Å².